The number of hydrogen-bond acceptors (Lipinski definition) is 4. The molecule has 4 heteroatoms. The second-order valence-corrected chi connectivity index (χ2v) is 4.46. The minimum absolute atomic E-state index is 0.590. The molecule has 0 amide bonds. The van der Waals surface area contributed by atoms with Crippen molar-refractivity contribution in [2.24, 2.45) is 0 Å². The van der Waals surface area contributed by atoms with Crippen molar-refractivity contribution in [1.82, 2.24) is 9.97 Å². The van der Waals surface area contributed by atoms with Crippen molar-refractivity contribution in [1.29, 1.82) is 0 Å². The van der Waals surface area contributed by atoms with Crippen LogP contribution in [-0.2, 0) is 0 Å². The molecule has 1 aliphatic rings. The van der Waals surface area contributed by atoms with Gasteiger partial charge in [-0.3, -0.25) is 0 Å². The molecule has 1 saturated heterocycles. The maximum atomic E-state index is 4.44. The van der Waals surface area contributed by atoms with E-state index < -0.39 is 0 Å². The number of nitrogens with zero attached hydrogens (tertiary/aromatic N) is 3. The maximum Gasteiger partial charge on any atom is 0.137 e. The van der Waals surface area contributed by atoms with E-state index in [4.69, 9.17) is 0 Å². The van der Waals surface area contributed by atoms with Gasteiger partial charge >= 0.3 is 0 Å². The van der Waals surface area contributed by atoms with E-state index in [-0.39, 0.29) is 0 Å². The van der Waals surface area contributed by atoms with Crippen molar-refractivity contribution in [2.75, 3.05) is 23.8 Å². The van der Waals surface area contributed by atoms with Gasteiger partial charge in [0, 0.05) is 25.2 Å². The zero-order chi connectivity index (χ0) is 11.5. The Hall–Kier alpha value is -1.32. The molecule has 88 valence electrons. The van der Waals surface area contributed by atoms with Gasteiger partial charge in [0.05, 0.1) is 0 Å². The van der Waals surface area contributed by atoms with Gasteiger partial charge in [0.1, 0.15) is 18.0 Å². The fraction of sp³-hybridized carbons (Fsp3) is 0.667. The van der Waals surface area contributed by atoms with E-state index in [0.29, 0.717) is 6.04 Å². The van der Waals surface area contributed by atoms with Crippen LogP contribution in [0.3, 0.4) is 0 Å². The first-order chi connectivity index (χ1) is 7.74. The normalized spacial score (nSPS) is 20.9. The van der Waals surface area contributed by atoms with Crippen LogP contribution >= 0.6 is 0 Å². The molecule has 1 aromatic rings. The monoisotopic (exact) mass is 220 g/mol. The Morgan fingerprint density at radius 2 is 2.19 bits per heavy atom. The first kappa shape index (κ1) is 11.2. The Labute approximate surface area is 97.1 Å². The van der Waals surface area contributed by atoms with Crippen LogP contribution in [0.4, 0.5) is 11.6 Å². The van der Waals surface area contributed by atoms with Crippen molar-refractivity contribution >= 4 is 11.6 Å². The molecule has 0 radical (unpaired) electrons. The van der Waals surface area contributed by atoms with E-state index >= 15 is 0 Å². The minimum Gasteiger partial charge on any atom is -0.373 e. The molecule has 1 aromatic heterocycles. The Kier molecular flexibility index (Phi) is 3.27. The van der Waals surface area contributed by atoms with Crippen molar-refractivity contribution in [3.63, 3.8) is 0 Å². The van der Waals surface area contributed by atoms with Crippen LogP contribution in [0.2, 0.25) is 0 Å². The van der Waals surface area contributed by atoms with Gasteiger partial charge < -0.3 is 10.2 Å². The highest BCUT2D eigenvalue weighted by atomic mass is 15.2. The Morgan fingerprint density at radius 1 is 1.38 bits per heavy atom. The molecule has 0 aromatic carbocycles. The average molecular weight is 220 g/mol. The fourth-order valence-electron chi connectivity index (χ4n) is 2.40. The zero-order valence-electron chi connectivity index (χ0n) is 10.3. The van der Waals surface area contributed by atoms with E-state index in [0.717, 1.165) is 23.7 Å². The molecule has 4 nitrogen and oxygen atoms in total. The second kappa shape index (κ2) is 4.68. The summed E-state index contributed by atoms with van der Waals surface area (Å²) in [6.07, 6.45) is 5.51. The third kappa shape index (κ3) is 1.96. The standard InChI is InChI=1S/C12H20N4/c1-9-6-4-5-7-16(9)12-10(2)11(13-3)14-8-15-12/h8-9H,4-7H2,1-3H3,(H,13,14,15). The molecule has 1 atom stereocenters. The Balaban J connectivity index is 2.31. The summed E-state index contributed by atoms with van der Waals surface area (Å²) in [5, 5.41) is 3.11. The highest BCUT2D eigenvalue weighted by Gasteiger charge is 2.21. The van der Waals surface area contributed by atoms with Gasteiger partial charge in [-0.25, -0.2) is 9.97 Å². The van der Waals surface area contributed by atoms with Gasteiger partial charge in [0.15, 0.2) is 0 Å². The molecular formula is C12H20N4. The lowest BCUT2D eigenvalue weighted by atomic mass is 10.0. The third-order valence-corrected chi connectivity index (χ3v) is 3.37. The molecule has 2 rings (SSSR count). The predicted octanol–water partition coefficient (Wildman–Crippen LogP) is 2.21. The highest BCUT2D eigenvalue weighted by Crippen LogP contribution is 2.27. The zero-order valence-corrected chi connectivity index (χ0v) is 10.3. The molecule has 1 N–H and O–H groups in total. The van der Waals surface area contributed by atoms with Crippen molar-refractivity contribution < 1.29 is 0 Å². The molecular weight excluding hydrogens is 200 g/mol. The van der Waals surface area contributed by atoms with Gasteiger partial charge in [-0.15, -0.1) is 0 Å². The molecule has 0 spiro atoms. The SMILES string of the molecule is CNc1ncnc(N2CCCCC2C)c1C. The first-order valence-corrected chi connectivity index (χ1v) is 6.00. The van der Waals surface area contributed by atoms with Crippen molar-refractivity contribution in [3.05, 3.63) is 11.9 Å². The van der Waals surface area contributed by atoms with Crippen LogP contribution in [0.25, 0.3) is 0 Å². The number of piperidine rings is 1. The predicted molar refractivity (Wildman–Crippen MR) is 67.0 cm³/mol. The minimum atomic E-state index is 0.590. The first-order valence-electron chi connectivity index (χ1n) is 6.00. The third-order valence-electron chi connectivity index (χ3n) is 3.37. The fourth-order valence-corrected chi connectivity index (χ4v) is 2.40. The number of anilines is 2. The smallest absolute Gasteiger partial charge is 0.137 e. The molecule has 0 aliphatic carbocycles. The summed E-state index contributed by atoms with van der Waals surface area (Å²) in [6.45, 7) is 5.48. The number of nitrogens with one attached hydrogen (secondary N) is 1. The lowest BCUT2D eigenvalue weighted by Crippen LogP contribution is -2.38. The summed E-state index contributed by atoms with van der Waals surface area (Å²) in [7, 11) is 1.90. The van der Waals surface area contributed by atoms with Crippen molar-refractivity contribution in [2.45, 2.75) is 39.2 Å². The lowest BCUT2D eigenvalue weighted by molar-refractivity contribution is 0.480. The topological polar surface area (TPSA) is 41.1 Å². The van der Waals surface area contributed by atoms with Gasteiger partial charge in [-0.1, -0.05) is 0 Å². The molecule has 0 saturated carbocycles. The largest absolute Gasteiger partial charge is 0.373 e. The summed E-state index contributed by atoms with van der Waals surface area (Å²) < 4.78 is 0. The number of aromatic nitrogens is 2. The lowest BCUT2D eigenvalue weighted by Gasteiger charge is -2.35. The van der Waals surface area contributed by atoms with E-state index in [9.17, 15) is 0 Å². The van der Waals surface area contributed by atoms with Crippen molar-refractivity contribution in [3.8, 4) is 0 Å². The van der Waals surface area contributed by atoms with E-state index in [1.165, 1.54) is 19.3 Å². The van der Waals surface area contributed by atoms with E-state index in [2.05, 4.69) is 34.0 Å². The quantitative estimate of drug-likeness (QED) is 0.829. The highest BCUT2D eigenvalue weighted by molar-refractivity contribution is 5.58. The Bertz CT molecular complexity index is 364. The molecule has 1 aliphatic heterocycles. The molecule has 0 bridgehead atoms. The van der Waals surface area contributed by atoms with E-state index in [1.807, 2.05) is 7.05 Å². The molecule has 16 heavy (non-hydrogen) atoms. The molecule has 1 fully saturated rings. The van der Waals surface area contributed by atoms with Crippen LogP contribution in [0.15, 0.2) is 6.33 Å². The second-order valence-electron chi connectivity index (χ2n) is 4.46. The average Bonchev–Trinajstić information content (AvgIpc) is 2.31. The van der Waals surface area contributed by atoms with Gasteiger partial charge in [-0.05, 0) is 33.1 Å². The van der Waals surface area contributed by atoms with Crippen LogP contribution in [0.5, 0.6) is 0 Å². The summed E-state index contributed by atoms with van der Waals surface area (Å²) in [4.78, 5) is 11.1. The van der Waals surface area contributed by atoms with Gasteiger partial charge in [0.25, 0.3) is 0 Å². The van der Waals surface area contributed by atoms with Crippen LogP contribution < -0.4 is 10.2 Å². The van der Waals surface area contributed by atoms with Crippen LogP contribution in [0.1, 0.15) is 31.7 Å². The Morgan fingerprint density at radius 3 is 2.88 bits per heavy atom. The summed E-state index contributed by atoms with van der Waals surface area (Å²) in [6, 6.07) is 0.590. The van der Waals surface area contributed by atoms with E-state index in [1.54, 1.807) is 6.33 Å². The van der Waals surface area contributed by atoms with Gasteiger partial charge in [-0.2, -0.15) is 0 Å². The van der Waals surface area contributed by atoms with Crippen LogP contribution in [-0.4, -0.2) is 29.6 Å². The van der Waals surface area contributed by atoms with Crippen LogP contribution in [0, 0.1) is 6.92 Å². The molecule has 2 heterocycles. The number of rotatable bonds is 2. The van der Waals surface area contributed by atoms with Gasteiger partial charge in [0.2, 0.25) is 0 Å². The maximum absolute atomic E-state index is 4.44. The summed E-state index contributed by atoms with van der Waals surface area (Å²) in [5.41, 5.74) is 1.15. The summed E-state index contributed by atoms with van der Waals surface area (Å²) >= 11 is 0. The number of hydrogen-bond donors (Lipinski definition) is 1. The summed E-state index contributed by atoms with van der Waals surface area (Å²) in [5.74, 6) is 2.02. The molecule has 1 unspecified atom stereocenters.